The Labute approximate surface area is 114 Å². The summed E-state index contributed by atoms with van der Waals surface area (Å²) < 4.78 is 3.06. The van der Waals surface area contributed by atoms with E-state index in [-0.39, 0.29) is 0 Å². The number of halogens is 1. The Morgan fingerprint density at radius 2 is 1.78 bits per heavy atom. The summed E-state index contributed by atoms with van der Waals surface area (Å²) in [6.07, 6.45) is 5.52. The highest BCUT2D eigenvalue weighted by atomic mass is 79.9. The Kier molecular flexibility index (Phi) is 2.99. The Hall–Kier alpha value is -1.87. The number of rotatable bonds is 2. The fourth-order valence-corrected chi connectivity index (χ4v) is 2.41. The lowest BCUT2D eigenvalue weighted by molar-refractivity contribution is 1.06. The van der Waals surface area contributed by atoms with Crippen LogP contribution < -0.4 is 0 Å². The van der Waals surface area contributed by atoms with Crippen LogP contribution in [0.2, 0.25) is 0 Å². The number of aromatic nitrogens is 2. The Bertz CT molecular complexity index is 646. The maximum atomic E-state index is 4.08. The van der Waals surface area contributed by atoms with E-state index in [0.717, 1.165) is 10.2 Å². The van der Waals surface area contributed by atoms with Crippen molar-refractivity contribution in [3.63, 3.8) is 0 Å². The normalized spacial score (nSPS) is 10.5. The molecular formula is C15H11BrN2. The SMILES string of the molecule is Brc1cc(-c2ccccc2)cc(-n2ccnc2)c1. The average Bonchev–Trinajstić information content (AvgIpc) is 2.93. The van der Waals surface area contributed by atoms with Crippen LogP contribution in [0.1, 0.15) is 0 Å². The van der Waals surface area contributed by atoms with Crippen LogP contribution in [0.5, 0.6) is 0 Å². The number of hydrogen-bond donors (Lipinski definition) is 0. The highest BCUT2D eigenvalue weighted by molar-refractivity contribution is 9.10. The smallest absolute Gasteiger partial charge is 0.0991 e. The minimum absolute atomic E-state index is 1.06. The quantitative estimate of drug-likeness (QED) is 0.690. The fraction of sp³-hybridized carbons (Fsp3) is 0. The number of benzene rings is 2. The second-order valence-corrected chi connectivity index (χ2v) is 4.95. The van der Waals surface area contributed by atoms with Crippen LogP contribution in [-0.2, 0) is 0 Å². The van der Waals surface area contributed by atoms with Gasteiger partial charge in [0, 0.05) is 22.6 Å². The molecule has 3 heteroatoms. The van der Waals surface area contributed by atoms with Gasteiger partial charge >= 0.3 is 0 Å². The van der Waals surface area contributed by atoms with Gasteiger partial charge < -0.3 is 4.57 Å². The largest absolute Gasteiger partial charge is 0.306 e. The summed E-state index contributed by atoms with van der Waals surface area (Å²) in [6.45, 7) is 0. The molecule has 3 rings (SSSR count). The monoisotopic (exact) mass is 298 g/mol. The van der Waals surface area contributed by atoms with Gasteiger partial charge in [-0.15, -0.1) is 0 Å². The third-order valence-corrected chi connectivity index (χ3v) is 3.25. The molecule has 0 aliphatic carbocycles. The topological polar surface area (TPSA) is 17.8 Å². The standard InChI is InChI=1S/C15H11BrN2/c16-14-8-13(12-4-2-1-3-5-12)9-15(10-14)18-7-6-17-11-18/h1-11H. The van der Waals surface area contributed by atoms with E-state index in [1.807, 2.05) is 29.0 Å². The van der Waals surface area contributed by atoms with Gasteiger partial charge in [-0.25, -0.2) is 4.98 Å². The summed E-state index contributed by atoms with van der Waals surface area (Å²) in [5, 5.41) is 0. The van der Waals surface area contributed by atoms with E-state index in [1.165, 1.54) is 11.1 Å². The van der Waals surface area contributed by atoms with Crippen molar-refractivity contribution in [2.45, 2.75) is 0 Å². The van der Waals surface area contributed by atoms with Crippen LogP contribution >= 0.6 is 15.9 Å². The van der Waals surface area contributed by atoms with Crippen LogP contribution in [0.4, 0.5) is 0 Å². The van der Waals surface area contributed by atoms with Crippen molar-refractivity contribution in [3.8, 4) is 16.8 Å². The zero-order valence-electron chi connectivity index (χ0n) is 9.62. The molecule has 1 aromatic heterocycles. The molecule has 0 bridgehead atoms. The Morgan fingerprint density at radius 3 is 2.50 bits per heavy atom. The van der Waals surface area contributed by atoms with Crippen molar-refractivity contribution in [1.82, 2.24) is 9.55 Å². The van der Waals surface area contributed by atoms with Crippen molar-refractivity contribution in [3.05, 3.63) is 71.7 Å². The van der Waals surface area contributed by atoms with Gasteiger partial charge in [0.15, 0.2) is 0 Å². The molecule has 0 saturated carbocycles. The summed E-state index contributed by atoms with van der Waals surface area (Å²) in [5.41, 5.74) is 3.49. The van der Waals surface area contributed by atoms with E-state index < -0.39 is 0 Å². The lowest BCUT2D eigenvalue weighted by atomic mass is 10.1. The molecule has 2 nitrogen and oxygen atoms in total. The number of hydrogen-bond acceptors (Lipinski definition) is 1. The first-order chi connectivity index (χ1) is 8.83. The maximum Gasteiger partial charge on any atom is 0.0991 e. The Morgan fingerprint density at radius 1 is 0.944 bits per heavy atom. The summed E-state index contributed by atoms with van der Waals surface area (Å²) in [6, 6.07) is 16.7. The molecule has 0 radical (unpaired) electrons. The number of nitrogens with zero attached hydrogens (tertiary/aromatic N) is 2. The van der Waals surface area contributed by atoms with Gasteiger partial charge in [-0.2, -0.15) is 0 Å². The van der Waals surface area contributed by atoms with Crippen LogP contribution in [0.3, 0.4) is 0 Å². The zero-order valence-corrected chi connectivity index (χ0v) is 11.2. The predicted molar refractivity (Wildman–Crippen MR) is 76.7 cm³/mol. The highest BCUT2D eigenvalue weighted by Crippen LogP contribution is 2.26. The summed E-state index contributed by atoms with van der Waals surface area (Å²) in [4.78, 5) is 4.08. The average molecular weight is 299 g/mol. The maximum absolute atomic E-state index is 4.08. The van der Waals surface area contributed by atoms with Crippen molar-refractivity contribution in [1.29, 1.82) is 0 Å². The van der Waals surface area contributed by atoms with Gasteiger partial charge in [-0.1, -0.05) is 46.3 Å². The van der Waals surface area contributed by atoms with E-state index in [4.69, 9.17) is 0 Å². The molecule has 0 fully saturated rings. The molecular weight excluding hydrogens is 288 g/mol. The second kappa shape index (κ2) is 4.78. The van der Waals surface area contributed by atoms with Gasteiger partial charge in [0.1, 0.15) is 0 Å². The van der Waals surface area contributed by atoms with Crippen LogP contribution in [0, 0.1) is 0 Å². The molecule has 2 aromatic carbocycles. The van der Waals surface area contributed by atoms with Crippen LogP contribution in [0.15, 0.2) is 71.7 Å². The third kappa shape index (κ3) is 2.22. The molecule has 0 spiro atoms. The minimum Gasteiger partial charge on any atom is -0.306 e. The highest BCUT2D eigenvalue weighted by Gasteiger charge is 2.03. The van der Waals surface area contributed by atoms with E-state index in [0.29, 0.717) is 0 Å². The zero-order chi connectivity index (χ0) is 12.4. The van der Waals surface area contributed by atoms with Crippen molar-refractivity contribution in [2.24, 2.45) is 0 Å². The minimum atomic E-state index is 1.06. The van der Waals surface area contributed by atoms with Crippen molar-refractivity contribution >= 4 is 15.9 Å². The van der Waals surface area contributed by atoms with E-state index in [1.54, 1.807) is 12.5 Å². The van der Waals surface area contributed by atoms with Crippen LogP contribution in [0.25, 0.3) is 16.8 Å². The molecule has 0 unspecified atom stereocenters. The molecule has 3 aromatic rings. The van der Waals surface area contributed by atoms with E-state index in [9.17, 15) is 0 Å². The van der Waals surface area contributed by atoms with E-state index in [2.05, 4.69) is 51.2 Å². The van der Waals surface area contributed by atoms with Crippen molar-refractivity contribution < 1.29 is 0 Å². The van der Waals surface area contributed by atoms with Gasteiger partial charge in [0.25, 0.3) is 0 Å². The fourth-order valence-electron chi connectivity index (χ4n) is 1.93. The lowest BCUT2D eigenvalue weighted by Crippen LogP contribution is -1.91. The second-order valence-electron chi connectivity index (χ2n) is 4.03. The van der Waals surface area contributed by atoms with Gasteiger partial charge in [-0.3, -0.25) is 0 Å². The van der Waals surface area contributed by atoms with Gasteiger partial charge in [0.05, 0.1) is 6.33 Å². The molecule has 18 heavy (non-hydrogen) atoms. The molecule has 0 aliphatic heterocycles. The lowest BCUT2D eigenvalue weighted by Gasteiger charge is -2.07. The molecule has 0 N–H and O–H groups in total. The molecule has 0 saturated heterocycles. The molecule has 0 amide bonds. The van der Waals surface area contributed by atoms with Crippen molar-refractivity contribution in [2.75, 3.05) is 0 Å². The summed E-state index contributed by atoms with van der Waals surface area (Å²) in [5.74, 6) is 0. The third-order valence-electron chi connectivity index (χ3n) is 2.79. The van der Waals surface area contributed by atoms with Crippen LogP contribution in [-0.4, -0.2) is 9.55 Å². The van der Waals surface area contributed by atoms with Gasteiger partial charge in [0.2, 0.25) is 0 Å². The molecule has 1 heterocycles. The number of imidazole rings is 1. The van der Waals surface area contributed by atoms with E-state index >= 15 is 0 Å². The first kappa shape index (κ1) is 11.2. The molecule has 0 aliphatic rings. The first-order valence-electron chi connectivity index (χ1n) is 5.67. The predicted octanol–water partition coefficient (Wildman–Crippen LogP) is 4.30. The molecule has 88 valence electrons. The molecule has 0 atom stereocenters. The Balaban J connectivity index is 2.12. The first-order valence-corrected chi connectivity index (χ1v) is 6.46. The summed E-state index contributed by atoms with van der Waals surface area (Å²) in [7, 11) is 0. The van der Waals surface area contributed by atoms with Gasteiger partial charge in [-0.05, 0) is 29.3 Å². The summed E-state index contributed by atoms with van der Waals surface area (Å²) >= 11 is 3.56.